The lowest BCUT2D eigenvalue weighted by Crippen LogP contribution is -2.50. The predicted octanol–water partition coefficient (Wildman–Crippen LogP) is 3.17. The van der Waals surface area contributed by atoms with E-state index in [1.54, 1.807) is 26.0 Å². The van der Waals surface area contributed by atoms with Gasteiger partial charge in [0.25, 0.3) is 5.91 Å². The molecule has 1 aromatic carbocycles. The van der Waals surface area contributed by atoms with Gasteiger partial charge in [-0.2, -0.15) is 4.31 Å². The molecular weight excluding hydrogens is 414 g/mol. The van der Waals surface area contributed by atoms with Crippen molar-refractivity contribution in [2.24, 2.45) is 11.8 Å². The van der Waals surface area contributed by atoms with Crippen LogP contribution < -0.4 is 10.6 Å². The summed E-state index contributed by atoms with van der Waals surface area (Å²) in [5.74, 6) is -0.245. The molecular formula is C23H37N3O4S. The molecule has 0 radical (unpaired) electrons. The van der Waals surface area contributed by atoms with E-state index >= 15 is 0 Å². The van der Waals surface area contributed by atoms with Crippen molar-refractivity contribution in [3.05, 3.63) is 29.8 Å². The van der Waals surface area contributed by atoms with Gasteiger partial charge in [-0.3, -0.25) is 9.59 Å². The first-order valence-electron chi connectivity index (χ1n) is 11.4. The zero-order chi connectivity index (χ0) is 23.0. The Balaban J connectivity index is 2.09. The summed E-state index contributed by atoms with van der Waals surface area (Å²) in [6.07, 6.45) is 5.94. The highest BCUT2D eigenvalue weighted by atomic mass is 32.2. The summed E-state index contributed by atoms with van der Waals surface area (Å²) < 4.78 is 26.9. The molecule has 1 saturated carbocycles. The van der Waals surface area contributed by atoms with Gasteiger partial charge >= 0.3 is 0 Å². The largest absolute Gasteiger partial charge is 0.354 e. The van der Waals surface area contributed by atoms with Crippen LogP contribution in [0.3, 0.4) is 0 Å². The molecule has 31 heavy (non-hydrogen) atoms. The van der Waals surface area contributed by atoms with Crippen LogP contribution in [0.2, 0.25) is 0 Å². The molecule has 2 rings (SSSR count). The average molecular weight is 452 g/mol. The molecule has 0 spiro atoms. The van der Waals surface area contributed by atoms with Crippen molar-refractivity contribution in [3.8, 4) is 0 Å². The van der Waals surface area contributed by atoms with Crippen LogP contribution in [0.25, 0.3) is 0 Å². The first-order chi connectivity index (χ1) is 14.7. The standard InChI is InChI=1S/C23H37N3O4S/c1-5-26(6-2)31(29,30)20-14-10-13-19(15-20)22(27)25-21(17(3)4)23(28)24-16-18-11-8-7-9-12-18/h10,13-15,17-18,21H,5-9,11-12,16H2,1-4H3,(H,24,28)(H,25,27)/t21-/m1/s1. The maximum Gasteiger partial charge on any atom is 0.251 e. The second kappa shape index (κ2) is 11.6. The number of nitrogens with one attached hydrogen (secondary N) is 2. The third-order valence-corrected chi connectivity index (χ3v) is 8.01. The molecule has 1 aromatic rings. The number of nitrogens with zero attached hydrogens (tertiary/aromatic N) is 1. The third kappa shape index (κ3) is 6.77. The maximum absolute atomic E-state index is 12.9. The van der Waals surface area contributed by atoms with E-state index in [0.29, 0.717) is 25.6 Å². The zero-order valence-electron chi connectivity index (χ0n) is 19.2. The number of benzene rings is 1. The number of carbonyl (C=O) groups excluding carboxylic acids is 2. The average Bonchev–Trinajstić information content (AvgIpc) is 2.77. The number of hydrogen-bond acceptors (Lipinski definition) is 4. The number of sulfonamides is 1. The van der Waals surface area contributed by atoms with Crippen LogP contribution in [-0.2, 0) is 14.8 Å². The molecule has 1 aliphatic carbocycles. The summed E-state index contributed by atoms with van der Waals surface area (Å²) in [6.45, 7) is 8.65. The Hall–Kier alpha value is -1.93. The highest BCUT2D eigenvalue weighted by Gasteiger charge is 2.27. The van der Waals surface area contributed by atoms with Crippen LogP contribution >= 0.6 is 0 Å². The second-order valence-electron chi connectivity index (χ2n) is 8.56. The number of hydrogen-bond donors (Lipinski definition) is 2. The first kappa shape index (κ1) is 25.3. The number of rotatable bonds is 10. The minimum atomic E-state index is -3.67. The topological polar surface area (TPSA) is 95.6 Å². The molecule has 7 nitrogen and oxygen atoms in total. The van der Waals surface area contributed by atoms with Crippen LogP contribution in [0, 0.1) is 11.8 Å². The Morgan fingerprint density at radius 2 is 1.74 bits per heavy atom. The van der Waals surface area contributed by atoms with Crippen molar-refractivity contribution in [1.82, 2.24) is 14.9 Å². The lowest BCUT2D eigenvalue weighted by Gasteiger charge is -2.25. The molecule has 0 heterocycles. The fourth-order valence-corrected chi connectivity index (χ4v) is 5.52. The molecule has 0 aliphatic heterocycles. The molecule has 1 fully saturated rings. The van der Waals surface area contributed by atoms with Crippen LogP contribution in [0.15, 0.2) is 29.2 Å². The molecule has 1 aliphatic rings. The van der Waals surface area contributed by atoms with Crippen LogP contribution in [0.5, 0.6) is 0 Å². The minimum absolute atomic E-state index is 0.0756. The molecule has 8 heteroatoms. The second-order valence-corrected chi connectivity index (χ2v) is 10.5. The van der Waals surface area contributed by atoms with E-state index in [0.717, 1.165) is 12.8 Å². The van der Waals surface area contributed by atoms with E-state index in [1.165, 1.54) is 35.7 Å². The van der Waals surface area contributed by atoms with Gasteiger partial charge < -0.3 is 10.6 Å². The molecule has 2 amide bonds. The lowest BCUT2D eigenvalue weighted by atomic mass is 9.89. The SMILES string of the molecule is CCN(CC)S(=O)(=O)c1cccc(C(=O)N[C@@H](C(=O)NCC2CCCCC2)C(C)C)c1. The van der Waals surface area contributed by atoms with Gasteiger partial charge in [0.05, 0.1) is 4.90 Å². The molecule has 0 unspecified atom stereocenters. The van der Waals surface area contributed by atoms with E-state index in [9.17, 15) is 18.0 Å². The zero-order valence-corrected chi connectivity index (χ0v) is 20.0. The summed E-state index contributed by atoms with van der Waals surface area (Å²) in [4.78, 5) is 25.7. The van der Waals surface area contributed by atoms with Crippen molar-refractivity contribution >= 4 is 21.8 Å². The van der Waals surface area contributed by atoms with Gasteiger partial charge in [-0.05, 0) is 42.9 Å². The molecule has 0 saturated heterocycles. The van der Waals surface area contributed by atoms with Crippen molar-refractivity contribution in [2.45, 2.75) is 70.7 Å². The smallest absolute Gasteiger partial charge is 0.251 e. The molecule has 0 bridgehead atoms. The Kier molecular flexibility index (Phi) is 9.50. The summed E-state index contributed by atoms with van der Waals surface area (Å²) in [7, 11) is -3.67. The van der Waals surface area contributed by atoms with Crippen molar-refractivity contribution < 1.29 is 18.0 Å². The van der Waals surface area contributed by atoms with E-state index in [1.807, 2.05) is 13.8 Å². The number of amides is 2. The molecule has 1 atom stereocenters. The quantitative estimate of drug-likeness (QED) is 0.571. The Morgan fingerprint density at radius 3 is 2.32 bits per heavy atom. The summed E-state index contributed by atoms with van der Waals surface area (Å²) in [5.41, 5.74) is 0.221. The van der Waals surface area contributed by atoms with Gasteiger partial charge in [0.15, 0.2) is 0 Å². The normalized spacial score (nSPS) is 16.3. The van der Waals surface area contributed by atoms with Crippen LogP contribution in [0.1, 0.15) is 70.2 Å². The van der Waals surface area contributed by atoms with Crippen LogP contribution in [0.4, 0.5) is 0 Å². The Bertz CT molecular complexity index is 844. The van der Waals surface area contributed by atoms with Crippen molar-refractivity contribution in [1.29, 1.82) is 0 Å². The van der Waals surface area contributed by atoms with Crippen molar-refractivity contribution in [3.63, 3.8) is 0 Å². The van der Waals surface area contributed by atoms with E-state index in [-0.39, 0.29) is 22.3 Å². The van der Waals surface area contributed by atoms with E-state index in [4.69, 9.17) is 0 Å². The highest BCUT2D eigenvalue weighted by Crippen LogP contribution is 2.23. The van der Waals surface area contributed by atoms with Gasteiger partial charge in [-0.1, -0.05) is 53.0 Å². The molecule has 0 aromatic heterocycles. The van der Waals surface area contributed by atoms with Gasteiger partial charge in [0.1, 0.15) is 6.04 Å². The van der Waals surface area contributed by atoms with E-state index in [2.05, 4.69) is 10.6 Å². The number of carbonyl (C=O) groups is 2. The summed E-state index contributed by atoms with van der Waals surface area (Å²) in [5, 5.41) is 5.80. The molecule has 2 N–H and O–H groups in total. The predicted molar refractivity (Wildman–Crippen MR) is 122 cm³/mol. The van der Waals surface area contributed by atoms with Gasteiger partial charge in [0.2, 0.25) is 15.9 Å². The summed E-state index contributed by atoms with van der Waals surface area (Å²) >= 11 is 0. The lowest BCUT2D eigenvalue weighted by molar-refractivity contribution is -0.124. The van der Waals surface area contributed by atoms with Crippen LogP contribution in [-0.4, -0.2) is 50.2 Å². The van der Waals surface area contributed by atoms with Gasteiger partial charge in [-0.15, -0.1) is 0 Å². The summed E-state index contributed by atoms with van der Waals surface area (Å²) in [6, 6.07) is 5.30. The van der Waals surface area contributed by atoms with E-state index < -0.39 is 22.0 Å². The van der Waals surface area contributed by atoms with Gasteiger partial charge in [0, 0.05) is 25.2 Å². The van der Waals surface area contributed by atoms with Crippen molar-refractivity contribution in [2.75, 3.05) is 19.6 Å². The monoisotopic (exact) mass is 451 g/mol. The fraction of sp³-hybridized carbons (Fsp3) is 0.652. The van der Waals surface area contributed by atoms with Gasteiger partial charge in [-0.25, -0.2) is 8.42 Å². The fourth-order valence-electron chi connectivity index (χ4n) is 4.02. The minimum Gasteiger partial charge on any atom is -0.354 e. The Morgan fingerprint density at radius 1 is 1.10 bits per heavy atom. The highest BCUT2D eigenvalue weighted by molar-refractivity contribution is 7.89. The third-order valence-electron chi connectivity index (χ3n) is 5.96. The Labute approximate surface area is 187 Å². The maximum atomic E-state index is 12.9. The molecule has 174 valence electrons. The first-order valence-corrected chi connectivity index (χ1v) is 12.8.